The molecule has 4 rings (SSSR count). The van der Waals surface area contributed by atoms with Crippen LogP contribution in [-0.4, -0.2) is 33.2 Å². The van der Waals surface area contributed by atoms with Crippen molar-refractivity contribution in [1.29, 1.82) is 5.26 Å². The first-order chi connectivity index (χ1) is 16.0. The summed E-state index contributed by atoms with van der Waals surface area (Å²) in [5.74, 6) is 5.77. The molecule has 3 aromatic rings. The van der Waals surface area contributed by atoms with Crippen LogP contribution in [0.2, 0.25) is 0 Å². The molecule has 0 saturated carbocycles. The second kappa shape index (κ2) is 9.21. The summed E-state index contributed by atoms with van der Waals surface area (Å²) in [6.07, 6.45) is 2.03. The number of fused-ring (bicyclic) bond motifs is 1. The van der Waals surface area contributed by atoms with Gasteiger partial charge in [-0.3, -0.25) is 14.5 Å². The number of nitrogens with zero attached hydrogens (tertiary/aromatic N) is 4. The highest BCUT2D eigenvalue weighted by Gasteiger charge is 2.34. The lowest BCUT2D eigenvalue weighted by molar-refractivity contribution is 0.0652. The summed E-state index contributed by atoms with van der Waals surface area (Å²) in [6, 6.07) is 16.2. The summed E-state index contributed by atoms with van der Waals surface area (Å²) >= 11 is 0. The molecule has 0 unspecified atom stereocenters. The summed E-state index contributed by atoms with van der Waals surface area (Å²) in [7, 11) is 0. The molecule has 0 saturated heterocycles. The molecule has 0 spiro atoms. The molecule has 0 bridgehead atoms. The van der Waals surface area contributed by atoms with Crippen LogP contribution in [0.1, 0.15) is 51.1 Å². The van der Waals surface area contributed by atoms with Crippen LogP contribution in [0.25, 0.3) is 11.3 Å². The summed E-state index contributed by atoms with van der Waals surface area (Å²) in [4.78, 5) is 34.0. The topological polar surface area (TPSA) is 139 Å². The van der Waals surface area contributed by atoms with Gasteiger partial charge in [-0.25, -0.2) is 4.98 Å². The number of rotatable bonds is 5. The van der Waals surface area contributed by atoms with Gasteiger partial charge in [0.1, 0.15) is 17.5 Å². The normalized spacial score (nSPS) is 12.2. The molecule has 2 amide bonds. The predicted molar refractivity (Wildman–Crippen MR) is 124 cm³/mol. The van der Waals surface area contributed by atoms with E-state index >= 15 is 0 Å². The number of carbonyl (C=O) groups is 2. The Bertz CT molecular complexity index is 1330. The quantitative estimate of drug-likeness (QED) is 0.356. The number of imide groups is 1. The standard InChI is InChI=1S/C25H20N6O2/c26-15-20-21(29-25(28)30-22(20)27)17-10-7-9-16(14-17)8-3-1-2-6-13-31-23(32)18-11-4-5-12-19(18)24(31)33/h4-5,7,9-12,14H,1-2,6,13H2,(H4,27,28,29,30). The monoisotopic (exact) mass is 436 g/mol. The van der Waals surface area contributed by atoms with Crippen LogP contribution in [0.3, 0.4) is 0 Å². The fourth-order valence-corrected chi connectivity index (χ4v) is 3.65. The van der Waals surface area contributed by atoms with Crippen molar-refractivity contribution < 1.29 is 9.59 Å². The maximum Gasteiger partial charge on any atom is 0.261 e. The highest BCUT2D eigenvalue weighted by atomic mass is 16.2. The molecular weight excluding hydrogens is 416 g/mol. The third-order valence-corrected chi connectivity index (χ3v) is 5.25. The van der Waals surface area contributed by atoms with Gasteiger partial charge in [0, 0.05) is 24.1 Å². The van der Waals surface area contributed by atoms with E-state index in [1.165, 1.54) is 4.90 Å². The largest absolute Gasteiger partial charge is 0.382 e. The lowest BCUT2D eigenvalue weighted by atomic mass is 10.0. The number of amides is 2. The van der Waals surface area contributed by atoms with E-state index < -0.39 is 0 Å². The smallest absolute Gasteiger partial charge is 0.261 e. The lowest BCUT2D eigenvalue weighted by Crippen LogP contribution is -2.30. The average Bonchev–Trinajstić information content (AvgIpc) is 3.06. The number of nitriles is 1. The molecular formula is C25H20N6O2. The third-order valence-electron chi connectivity index (χ3n) is 5.25. The van der Waals surface area contributed by atoms with Crippen molar-refractivity contribution >= 4 is 23.6 Å². The van der Waals surface area contributed by atoms with E-state index in [2.05, 4.69) is 21.8 Å². The van der Waals surface area contributed by atoms with Gasteiger partial charge < -0.3 is 11.5 Å². The van der Waals surface area contributed by atoms with Crippen LogP contribution < -0.4 is 11.5 Å². The zero-order valence-electron chi connectivity index (χ0n) is 17.7. The Morgan fingerprint density at radius 1 is 0.939 bits per heavy atom. The van der Waals surface area contributed by atoms with E-state index in [1.54, 1.807) is 30.3 Å². The molecule has 2 aromatic carbocycles. The molecule has 8 heteroatoms. The molecule has 1 aliphatic heterocycles. The van der Waals surface area contributed by atoms with E-state index in [9.17, 15) is 14.9 Å². The fraction of sp³-hybridized carbons (Fsp3) is 0.160. The second-order valence-corrected chi connectivity index (χ2v) is 7.45. The average molecular weight is 436 g/mol. The van der Waals surface area contributed by atoms with Gasteiger partial charge in [-0.15, -0.1) is 0 Å². The molecule has 33 heavy (non-hydrogen) atoms. The molecule has 1 aliphatic rings. The predicted octanol–water partition coefficient (Wildman–Crippen LogP) is 3.00. The van der Waals surface area contributed by atoms with Gasteiger partial charge in [-0.1, -0.05) is 36.1 Å². The molecule has 0 radical (unpaired) electrons. The molecule has 0 fully saturated rings. The van der Waals surface area contributed by atoms with Gasteiger partial charge in [-0.2, -0.15) is 10.2 Å². The van der Waals surface area contributed by atoms with Crippen LogP contribution >= 0.6 is 0 Å². The van der Waals surface area contributed by atoms with Crippen LogP contribution in [0.4, 0.5) is 11.8 Å². The molecule has 1 aromatic heterocycles. The van der Waals surface area contributed by atoms with Gasteiger partial charge in [0.2, 0.25) is 5.95 Å². The van der Waals surface area contributed by atoms with Crippen molar-refractivity contribution in [3.63, 3.8) is 0 Å². The number of nitrogen functional groups attached to an aromatic ring is 2. The summed E-state index contributed by atoms with van der Waals surface area (Å²) in [6.45, 7) is 0.372. The van der Waals surface area contributed by atoms with Crippen molar-refractivity contribution in [1.82, 2.24) is 14.9 Å². The minimum Gasteiger partial charge on any atom is -0.382 e. The first kappa shape index (κ1) is 21.5. The Kier molecular flexibility index (Phi) is 6.01. The van der Waals surface area contributed by atoms with Crippen molar-refractivity contribution in [2.24, 2.45) is 0 Å². The minimum absolute atomic E-state index is 0.00366. The highest BCUT2D eigenvalue weighted by Crippen LogP contribution is 2.26. The Hall–Kier alpha value is -4.69. The Morgan fingerprint density at radius 2 is 1.67 bits per heavy atom. The Labute approximate surface area is 190 Å². The zero-order chi connectivity index (χ0) is 23.4. The van der Waals surface area contributed by atoms with Crippen molar-refractivity contribution in [2.75, 3.05) is 18.0 Å². The van der Waals surface area contributed by atoms with Gasteiger partial charge in [0.25, 0.3) is 11.8 Å². The van der Waals surface area contributed by atoms with E-state index in [0.717, 1.165) is 12.0 Å². The number of anilines is 2. The van der Waals surface area contributed by atoms with Gasteiger partial charge >= 0.3 is 0 Å². The lowest BCUT2D eigenvalue weighted by Gasteiger charge is -2.12. The van der Waals surface area contributed by atoms with Gasteiger partial charge in [0.05, 0.1) is 16.8 Å². The fourth-order valence-electron chi connectivity index (χ4n) is 3.65. The maximum absolute atomic E-state index is 12.4. The first-order valence-corrected chi connectivity index (χ1v) is 10.4. The Balaban J connectivity index is 1.36. The minimum atomic E-state index is -0.235. The molecule has 2 heterocycles. The molecule has 162 valence electrons. The van der Waals surface area contributed by atoms with E-state index in [1.807, 2.05) is 24.3 Å². The number of nitrogens with two attached hydrogens (primary N) is 2. The number of unbranched alkanes of at least 4 members (excludes halogenated alkanes) is 2. The van der Waals surface area contributed by atoms with Crippen molar-refractivity contribution in [3.05, 3.63) is 70.8 Å². The van der Waals surface area contributed by atoms with Crippen molar-refractivity contribution in [2.45, 2.75) is 19.3 Å². The van der Waals surface area contributed by atoms with Gasteiger partial charge in [0.15, 0.2) is 0 Å². The number of aromatic nitrogens is 2. The molecule has 8 nitrogen and oxygen atoms in total. The van der Waals surface area contributed by atoms with E-state index in [0.29, 0.717) is 41.8 Å². The number of hydrogen-bond donors (Lipinski definition) is 2. The van der Waals surface area contributed by atoms with Crippen LogP contribution in [0.5, 0.6) is 0 Å². The summed E-state index contributed by atoms with van der Waals surface area (Å²) in [5, 5.41) is 9.38. The Morgan fingerprint density at radius 3 is 2.36 bits per heavy atom. The second-order valence-electron chi connectivity index (χ2n) is 7.45. The van der Waals surface area contributed by atoms with Crippen LogP contribution in [-0.2, 0) is 0 Å². The maximum atomic E-state index is 12.4. The van der Waals surface area contributed by atoms with Crippen LogP contribution in [0, 0.1) is 23.2 Å². The molecule has 4 N–H and O–H groups in total. The number of carbonyl (C=O) groups excluding carboxylic acids is 2. The van der Waals surface area contributed by atoms with Crippen LogP contribution in [0.15, 0.2) is 48.5 Å². The SMILES string of the molecule is N#Cc1c(N)nc(N)nc1-c1cccc(C#CCCCCN2C(=O)c3ccccc3C2=O)c1. The number of benzene rings is 2. The van der Waals surface area contributed by atoms with E-state index in [4.69, 9.17) is 11.5 Å². The molecule has 0 atom stereocenters. The van der Waals surface area contributed by atoms with E-state index in [-0.39, 0.29) is 29.1 Å². The number of hydrogen-bond acceptors (Lipinski definition) is 7. The first-order valence-electron chi connectivity index (χ1n) is 10.4. The molecule has 0 aliphatic carbocycles. The van der Waals surface area contributed by atoms with Gasteiger partial charge in [-0.05, 0) is 37.1 Å². The third kappa shape index (κ3) is 4.36. The highest BCUT2D eigenvalue weighted by molar-refractivity contribution is 6.21. The zero-order valence-corrected chi connectivity index (χ0v) is 17.7. The summed E-state index contributed by atoms with van der Waals surface area (Å²) < 4.78 is 0. The van der Waals surface area contributed by atoms with Crippen molar-refractivity contribution in [3.8, 4) is 29.2 Å². The summed E-state index contributed by atoms with van der Waals surface area (Å²) in [5.41, 5.74) is 14.4.